The van der Waals surface area contributed by atoms with Crippen LogP contribution in [0.1, 0.15) is 37.0 Å². The fourth-order valence-electron chi connectivity index (χ4n) is 3.87. The van der Waals surface area contributed by atoms with Crippen LogP contribution in [-0.4, -0.2) is 55.8 Å². The standard InChI is InChI=1S/C18H27N3O3S/c1-12(2)20(3)25(23,24)15-7-4-13(5-8-15)18(22)21-10-14-6-9-17(19)16(14)11-21/h4-5,7-8,12,14,16-17H,6,9-11,19H2,1-3H3. The highest BCUT2D eigenvalue weighted by atomic mass is 32.2. The summed E-state index contributed by atoms with van der Waals surface area (Å²) in [5, 5.41) is 0. The summed E-state index contributed by atoms with van der Waals surface area (Å²) in [4.78, 5) is 14.8. The molecule has 6 nitrogen and oxygen atoms in total. The first-order chi connectivity index (χ1) is 11.7. The Bertz CT molecular complexity index is 745. The van der Waals surface area contributed by atoms with Crippen LogP contribution in [0.5, 0.6) is 0 Å². The Morgan fingerprint density at radius 2 is 1.84 bits per heavy atom. The Morgan fingerprint density at radius 1 is 1.20 bits per heavy atom. The van der Waals surface area contributed by atoms with Crippen molar-refractivity contribution in [3.8, 4) is 0 Å². The maximum absolute atomic E-state index is 12.7. The SMILES string of the molecule is CC(C)N(C)S(=O)(=O)c1ccc(C(=O)N2CC3CCC(N)C3C2)cc1. The molecule has 0 spiro atoms. The van der Waals surface area contributed by atoms with Crippen molar-refractivity contribution >= 4 is 15.9 Å². The van der Waals surface area contributed by atoms with Crippen molar-refractivity contribution < 1.29 is 13.2 Å². The van der Waals surface area contributed by atoms with Crippen LogP contribution in [0.3, 0.4) is 0 Å². The van der Waals surface area contributed by atoms with Crippen LogP contribution in [0.4, 0.5) is 0 Å². The normalized spacial score (nSPS) is 26.5. The molecule has 0 aromatic heterocycles. The van der Waals surface area contributed by atoms with Crippen LogP contribution in [0, 0.1) is 11.8 Å². The van der Waals surface area contributed by atoms with Gasteiger partial charge in [0.25, 0.3) is 5.91 Å². The molecular formula is C18H27N3O3S. The number of amides is 1. The number of benzene rings is 1. The Morgan fingerprint density at radius 3 is 2.40 bits per heavy atom. The van der Waals surface area contributed by atoms with Gasteiger partial charge >= 0.3 is 0 Å². The zero-order valence-corrected chi connectivity index (χ0v) is 15.9. The summed E-state index contributed by atoms with van der Waals surface area (Å²) in [5.74, 6) is 0.879. The lowest BCUT2D eigenvalue weighted by Gasteiger charge is -2.21. The van der Waals surface area contributed by atoms with Gasteiger partial charge in [0, 0.05) is 37.8 Å². The first-order valence-electron chi connectivity index (χ1n) is 8.84. The number of likely N-dealkylation sites (tertiary alicyclic amines) is 1. The van der Waals surface area contributed by atoms with Gasteiger partial charge in [0.1, 0.15) is 0 Å². The smallest absolute Gasteiger partial charge is 0.253 e. The van der Waals surface area contributed by atoms with E-state index in [1.165, 1.54) is 16.4 Å². The molecule has 0 radical (unpaired) electrons. The van der Waals surface area contributed by atoms with Gasteiger partial charge in [-0.1, -0.05) is 0 Å². The van der Waals surface area contributed by atoms with Crippen LogP contribution in [0.15, 0.2) is 29.2 Å². The van der Waals surface area contributed by atoms with Crippen molar-refractivity contribution in [3.63, 3.8) is 0 Å². The number of sulfonamides is 1. The van der Waals surface area contributed by atoms with Gasteiger partial charge in [-0.25, -0.2) is 8.42 Å². The third-order valence-electron chi connectivity index (χ3n) is 5.71. The maximum Gasteiger partial charge on any atom is 0.253 e. The van der Waals surface area contributed by atoms with E-state index in [2.05, 4.69) is 0 Å². The van der Waals surface area contributed by atoms with Gasteiger partial charge in [-0.3, -0.25) is 4.79 Å². The summed E-state index contributed by atoms with van der Waals surface area (Å²) >= 11 is 0. The van der Waals surface area contributed by atoms with Crippen molar-refractivity contribution in [1.29, 1.82) is 0 Å². The summed E-state index contributed by atoms with van der Waals surface area (Å²) in [6.45, 7) is 5.11. The Labute approximate surface area is 150 Å². The minimum atomic E-state index is -3.53. The van der Waals surface area contributed by atoms with Crippen LogP contribution < -0.4 is 5.73 Å². The molecule has 1 heterocycles. The average Bonchev–Trinajstić information content (AvgIpc) is 3.16. The van der Waals surface area contributed by atoms with Gasteiger partial charge in [-0.05, 0) is 62.8 Å². The van der Waals surface area contributed by atoms with E-state index in [9.17, 15) is 13.2 Å². The molecule has 3 atom stereocenters. The summed E-state index contributed by atoms with van der Waals surface area (Å²) in [7, 11) is -1.97. The van der Waals surface area contributed by atoms with Crippen LogP contribution >= 0.6 is 0 Å². The third kappa shape index (κ3) is 3.32. The van der Waals surface area contributed by atoms with Gasteiger partial charge < -0.3 is 10.6 Å². The van der Waals surface area contributed by atoms with Crippen molar-refractivity contribution in [2.45, 2.75) is 43.7 Å². The largest absolute Gasteiger partial charge is 0.338 e. The second kappa shape index (κ2) is 6.70. The second-order valence-corrected chi connectivity index (χ2v) is 9.51. The molecule has 1 saturated heterocycles. The molecule has 1 aromatic carbocycles. The number of fused-ring (bicyclic) bond motifs is 1. The lowest BCUT2D eigenvalue weighted by Crippen LogP contribution is -2.34. The molecule has 1 aliphatic carbocycles. The Kier molecular flexibility index (Phi) is 4.92. The molecule has 1 saturated carbocycles. The lowest BCUT2D eigenvalue weighted by atomic mass is 9.98. The Balaban J connectivity index is 1.74. The molecule has 2 N–H and O–H groups in total. The summed E-state index contributed by atoms with van der Waals surface area (Å²) in [6, 6.07) is 6.32. The molecule has 1 aromatic rings. The van der Waals surface area contributed by atoms with Gasteiger partial charge in [0.05, 0.1) is 4.90 Å². The van der Waals surface area contributed by atoms with E-state index in [-0.39, 0.29) is 22.9 Å². The number of carbonyl (C=O) groups excluding carboxylic acids is 1. The van der Waals surface area contributed by atoms with Crippen molar-refractivity contribution in [2.75, 3.05) is 20.1 Å². The number of carbonyl (C=O) groups is 1. The second-order valence-electron chi connectivity index (χ2n) is 7.51. The monoisotopic (exact) mass is 365 g/mol. The van der Waals surface area contributed by atoms with E-state index in [0.717, 1.165) is 19.4 Å². The molecule has 138 valence electrons. The van der Waals surface area contributed by atoms with E-state index in [4.69, 9.17) is 5.73 Å². The molecule has 3 unspecified atom stereocenters. The summed E-state index contributed by atoms with van der Waals surface area (Å²) in [6.07, 6.45) is 2.14. The van der Waals surface area contributed by atoms with Gasteiger partial charge in [0.15, 0.2) is 0 Å². The molecule has 7 heteroatoms. The first-order valence-corrected chi connectivity index (χ1v) is 10.3. The maximum atomic E-state index is 12.7. The molecule has 1 amide bonds. The Hall–Kier alpha value is -1.44. The number of hydrogen-bond acceptors (Lipinski definition) is 4. The van der Waals surface area contributed by atoms with Crippen molar-refractivity contribution in [2.24, 2.45) is 17.6 Å². The van der Waals surface area contributed by atoms with Crippen LogP contribution in [-0.2, 0) is 10.0 Å². The molecular weight excluding hydrogens is 338 g/mol. The van der Waals surface area contributed by atoms with Crippen LogP contribution in [0.2, 0.25) is 0 Å². The molecule has 3 rings (SSSR count). The predicted molar refractivity (Wildman–Crippen MR) is 96.6 cm³/mol. The van der Waals surface area contributed by atoms with Crippen LogP contribution in [0.25, 0.3) is 0 Å². The zero-order valence-electron chi connectivity index (χ0n) is 15.1. The highest BCUT2D eigenvalue weighted by Crippen LogP contribution is 2.37. The van der Waals surface area contributed by atoms with E-state index in [1.807, 2.05) is 18.7 Å². The highest BCUT2D eigenvalue weighted by molar-refractivity contribution is 7.89. The summed E-state index contributed by atoms with van der Waals surface area (Å²) in [5.41, 5.74) is 6.66. The molecule has 25 heavy (non-hydrogen) atoms. The average molecular weight is 365 g/mol. The zero-order chi connectivity index (χ0) is 18.4. The van der Waals surface area contributed by atoms with Gasteiger partial charge in [-0.15, -0.1) is 0 Å². The van der Waals surface area contributed by atoms with Gasteiger partial charge in [-0.2, -0.15) is 4.31 Å². The molecule has 2 fully saturated rings. The number of hydrogen-bond donors (Lipinski definition) is 1. The highest BCUT2D eigenvalue weighted by Gasteiger charge is 2.42. The molecule has 0 bridgehead atoms. The van der Waals surface area contributed by atoms with E-state index < -0.39 is 10.0 Å². The third-order valence-corrected chi connectivity index (χ3v) is 7.75. The summed E-state index contributed by atoms with van der Waals surface area (Å²) < 4.78 is 26.3. The van der Waals surface area contributed by atoms with Gasteiger partial charge in [0.2, 0.25) is 10.0 Å². The minimum Gasteiger partial charge on any atom is -0.338 e. The first kappa shape index (κ1) is 18.4. The van der Waals surface area contributed by atoms with E-state index in [1.54, 1.807) is 19.2 Å². The number of nitrogens with two attached hydrogens (primary N) is 1. The quantitative estimate of drug-likeness (QED) is 0.877. The molecule has 2 aliphatic rings. The number of rotatable bonds is 4. The molecule has 1 aliphatic heterocycles. The lowest BCUT2D eigenvalue weighted by molar-refractivity contribution is 0.0779. The fourth-order valence-corrected chi connectivity index (χ4v) is 5.24. The minimum absolute atomic E-state index is 0.0391. The number of nitrogens with zero attached hydrogens (tertiary/aromatic N) is 2. The van der Waals surface area contributed by atoms with Crippen molar-refractivity contribution in [1.82, 2.24) is 9.21 Å². The van der Waals surface area contributed by atoms with E-state index in [0.29, 0.717) is 23.9 Å². The predicted octanol–water partition coefficient (Wildman–Crippen LogP) is 1.52. The topological polar surface area (TPSA) is 83.7 Å². The van der Waals surface area contributed by atoms with Crippen molar-refractivity contribution in [3.05, 3.63) is 29.8 Å². The van der Waals surface area contributed by atoms with E-state index >= 15 is 0 Å². The fraction of sp³-hybridized carbons (Fsp3) is 0.611.